The molecule has 0 saturated carbocycles. The number of carboxylic acids is 1. The molecule has 178 valence electrons. The van der Waals surface area contributed by atoms with Crippen molar-refractivity contribution in [2.45, 2.75) is 18.0 Å². The van der Waals surface area contributed by atoms with Crippen LogP contribution in [0, 0.1) is 5.82 Å². The van der Waals surface area contributed by atoms with Crippen LogP contribution in [-0.4, -0.2) is 19.5 Å². The second kappa shape index (κ2) is 10.4. The van der Waals surface area contributed by atoms with E-state index in [4.69, 9.17) is 0 Å². The molecule has 0 atom stereocenters. The molecule has 0 aliphatic carbocycles. The summed E-state index contributed by atoms with van der Waals surface area (Å²) in [5.41, 5.74) is 2.50. The summed E-state index contributed by atoms with van der Waals surface area (Å²) in [6, 6.07) is 28.1. The Morgan fingerprint density at radius 3 is 1.86 bits per heavy atom. The van der Waals surface area contributed by atoms with Gasteiger partial charge in [-0.3, -0.25) is 4.72 Å². The van der Waals surface area contributed by atoms with Gasteiger partial charge >= 0.3 is 5.97 Å². The van der Waals surface area contributed by atoms with Crippen LogP contribution >= 0.6 is 0 Å². The molecule has 0 aliphatic heterocycles. The van der Waals surface area contributed by atoms with Crippen LogP contribution in [0.4, 0.5) is 15.8 Å². The molecule has 0 spiro atoms. The van der Waals surface area contributed by atoms with Crippen molar-refractivity contribution >= 4 is 27.4 Å². The molecule has 0 saturated heterocycles. The molecule has 4 aromatic carbocycles. The largest absolute Gasteiger partial charge is 0.478 e. The summed E-state index contributed by atoms with van der Waals surface area (Å²) in [5, 5.41) is 9.97. The third kappa shape index (κ3) is 6.04. The number of hydrogen-bond donors (Lipinski definition) is 2. The minimum Gasteiger partial charge on any atom is -0.478 e. The van der Waals surface area contributed by atoms with Gasteiger partial charge in [0.2, 0.25) is 0 Å². The molecule has 0 unspecified atom stereocenters. The smallest absolute Gasteiger partial charge is 0.337 e. The zero-order chi connectivity index (χ0) is 24.8. The first-order chi connectivity index (χ1) is 16.8. The lowest BCUT2D eigenvalue weighted by Gasteiger charge is -2.27. The van der Waals surface area contributed by atoms with Crippen LogP contribution in [0.15, 0.2) is 108 Å². The zero-order valence-corrected chi connectivity index (χ0v) is 19.5. The predicted octanol–water partition coefficient (Wildman–Crippen LogP) is 5.53. The van der Waals surface area contributed by atoms with E-state index >= 15 is 0 Å². The van der Waals surface area contributed by atoms with E-state index in [0.29, 0.717) is 18.8 Å². The maximum atomic E-state index is 13.2. The van der Waals surface area contributed by atoms with Gasteiger partial charge in [0.05, 0.1) is 16.1 Å². The van der Waals surface area contributed by atoms with Crippen molar-refractivity contribution in [1.82, 2.24) is 0 Å². The topological polar surface area (TPSA) is 86.7 Å². The van der Waals surface area contributed by atoms with E-state index in [9.17, 15) is 22.7 Å². The van der Waals surface area contributed by atoms with Gasteiger partial charge in [-0.15, -0.1) is 0 Å². The maximum absolute atomic E-state index is 13.2. The number of nitrogens with one attached hydrogen (secondary N) is 1. The monoisotopic (exact) mass is 490 g/mol. The minimum atomic E-state index is -4.03. The third-order valence-corrected chi connectivity index (χ3v) is 6.77. The van der Waals surface area contributed by atoms with Crippen LogP contribution in [0.1, 0.15) is 21.5 Å². The highest BCUT2D eigenvalue weighted by Gasteiger charge is 2.20. The van der Waals surface area contributed by atoms with Crippen molar-refractivity contribution in [3.8, 4) is 0 Å². The van der Waals surface area contributed by atoms with Gasteiger partial charge in [-0.1, -0.05) is 60.7 Å². The van der Waals surface area contributed by atoms with Gasteiger partial charge in [0.1, 0.15) is 5.82 Å². The zero-order valence-electron chi connectivity index (χ0n) is 18.6. The van der Waals surface area contributed by atoms with E-state index in [1.807, 2.05) is 65.6 Å². The average Bonchev–Trinajstić information content (AvgIpc) is 2.85. The SMILES string of the molecule is O=C(O)c1cc(NS(=O)(=O)c2ccc(F)cc2)ccc1N(Cc1ccccc1)Cc1ccccc1. The quantitative estimate of drug-likeness (QED) is 0.322. The van der Waals surface area contributed by atoms with Crippen molar-refractivity contribution in [2.24, 2.45) is 0 Å². The number of sulfonamides is 1. The lowest BCUT2D eigenvalue weighted by molar-refractivity contribution is 0.0697. The number of halogens is 1. The van der Waals surface area contributed by atoms with E-state index in [1.54, 1.807) is 6.07 Å². The number of nitrogens with zero attached hydrogens (tertiary/aromatic N) is 1. The third-order valence-electron chi connectivity index (χ3n) is 5.38. The minimum absolute atomic E-state index is 0.0452. The molecule has 8 heteroatoms. The second-order valence-corrected chi connectivity index (χ2v) is 9.61. The lowest BCUT2D eigenvalue weighted by atomic mass is 10.1. The Kier molecular flexibility index (Phi) is 7.12. The summed E-state index contributed by atoms with van der Waals surface area (Å²) in [6.07, 6.45) is 0. The van der Waals surface area contributed by atoms with Crippen molar-refractivity contribution in [3.05, 3.63) is 126 Å². The molecule has 6 nitrogen and oxygen atoms in total. The predicted molar refractivity (Wildman–Crippen MR) is 133 cm³/mol. The van der Waals surface area contributed by atoms with Crippen LogP contribution in [0.25, 0.3) is 0 Å². The average molecular weight is 491 g/mol. The highest BCUT2D eigenvalue weighted by molar-refractivity contribution is 7.92. The standard InChI is InChI=1S/C27H23FN2O4S/c28-22-11-14-24(15-12-22)35(33,34)29-23-13-16-26(25(17-23)27(31)32)30(18-20-7-3-1-4-8-20)19-21-9-5-2-6-10-21/h1-17,29H,18-19H2,(H,31,32). The molecule has 2 N–H and O–H groups in total. The lowest BCUT2D eigenvalue weighted by Crippen LogP contribution is -2.24. The van der Waals surface area contributed by atoms with Gasteiger partial charge in [-0.2, -0.15) is 0 Å². The molecule has 0 bridgehead atoms. The summed E-state index contributed by atoms with van der Waals surface area (Å²) < 4.78 is 41.0. The molecule has 0 heterocycles. The fourth-order valence-corrected chi connectivity index (χ4v) is 4.76. The number of hydrogen-bond acceptors (Lipinski definition) is 4. The molecule has 0 fully saturated rings. The Morgan fingerprint density at radius 2 is 1.34 bits per heavy atom. The molecule has 4 rings (SSSR count). The normalized spacial score (nSPS) is 11.1. The molecule has 0 amide bonds. The van der Waals surface area contributed by atoms with Gasteiger partial charge in [-0.25, -0.2) is 17.6 Å². The van der Waals surface area contributed by atoms with Crippen molar-refractivity contribution < 1.29 is 22.7 Å². The number of rotatable bonds is 9. The summed E-state index contributed by atoms with van der Waals surface area (Å²) in [5.74, 6) is -1.74. The summed E-state index contributed by atoms with van der Waals surface area (Å²) in [6.45, 7) is 0.910. The summed E-state index contributed by atoms with van der Waals surface area (Å²) in [7, 11) is -4.03. The Bertz CT molecular complexity index is 1370. The van der Waals surface area contributed by atoms with Crippen molar-refractivity contribution in [2.75, 3.05) is 9.62 Å². The number of benzene rings is 4. The Hall–Kier alpha value is -4.17. The molecular formula is C27H23FN2O4S. The van der Waals surface area contributed by atoms with E-state index in [0.717, 1.165) is 35.4 Å². The van der Waals surface area contributed by atoms with E-state index in [-0.39, 0.29) is 16.1 Å². The van der Waals surface area contributed by atoms with E-state index in [1.165, 1.54) is 12.1 Å². The molecule has 0 aromatic heterocycles. The Balaban J connectivity index is 1.69. The van der Waals surface area contributed by atoms with Crippen LogP contribution in [-0.2, 0) is 23.1 Å². The van der Waals surface area contributed by atoms with Gasteiger partial charge in [0.25, 0.3) is 10.0 Å². The van der Waals surface area contributed by atoms with Crippen molar-refractivity contribution in [3.63, 3.8) is 0 Å². The molecule has 35 heavy (non-hydrogen) atoms. The molecule has 0 radical (unpaired) electrons. The van der Waals surface area contributed by atoms with Crippen LogP contribution in [0.3, 0.4) is 0 Å². The van der Waals surface area contributed by atoms with Crippen LogP contribution in [0.2, 0.25) is 0 Å². The number of carboxylic acid groups (broad SMARTS) is 1. The molecule has 4 aromatic rings. The molecular weight excluding hydrogens is 467 g/mol. The first-order valence-electron chi connectivity index (χ1n) is 10.8. The first kappa shape index (κ1) is 24.0. The Labute approximate surface area is 203 Å². The van der Waals surface area contributed by atoms with E-state index in [2.05, 4.69) is 4.72 Å². The second-order valence-electron chi connectivity index (χ2n) is 7.92. The molecule has 0 aliphatic rings. The van der Waals surface area contributed by atoms with Crippen LogP contribution < -0.4 is 9.62 Å². The Morgan fingerprint density at radius 1 is 0.800 bits per heavy atom. The van der Waals surface area contributed by atoms with E-state index < -0.39 is 21.8 Å². The van der Waals surface area contributed by atoms with Gasteiger partial charge in [0, 0.05) is 18.8 Å². The van der Waals surface area contributed by atoms with Gasteiger partial charge < -0.3 is 10.0 Å². The van der Waals surface area contributed by atoms with Gasteiger partial charge in [0.15, 0.2) is 0 Å². The fraction of sp³-hybridized carbons (Fsp3) is 0.0741. The van der Waals surface area contributed by atoms with Crippen LogP contribution in [0.5, 0.6) is 0 Å². The number of anilines is 2. The number of aromatic carboxylic acids is 1. The highest BCUT2D eigenvalue weighted by atomic mass is 32.2. The summed E-state index contributed by atoms with van der Waals surface area (Å²) in [4.78, 5) is 14.0. The number of carbonyl (C=O) groups is 1. The fourth-order valence-electron chi connectivity index (χ4n) is 3.71. The van der Waals surface area contributed by atoms with Gasteiger partial charge in [-0.05, 0) is 53.6 Å². The summed E-state index contributed by atoms with van der Waals surface area (Å²) >= 11 is 0. The maximum Gasteiger partial charge on any atom is 0.337 e. The highest BCUT2D eigenvalue weighted by Crippen LogP contribution is 2.29. The first-order valence-corrected chi connectivity index (χ1v) is 12.3. The van der Waals surface area contributed by atoms with Crippen molar-refractivity contribution in [1.29, 1.82) is 0 Å².